The molecular weight excluding hydrogens is 346 g/mol. The fourth-order valence-corrected chi connectivity index (χ4v) is 2.90. The largest absolute Gasteiger partial charge is 0.493 e. The van der Waals surface area contributed by atoms with Crippen molar-refractivity contribution in [2.45, 2.75) is 34.2 Å². The summed E-state index contributed by atoms with van der Waals surface area (Å²) >= 11 is 0. The van der Waals surface area contributed by atoms with Gasteiger partial charge in [-0.2, -0.15) is 5.10 Å². The van der Waals surface area contributed by atoms with E-state index in [2.05, 4.69) is 15.1 Å². The predicted octanol–water partition coefficient (Wildman–Crippen LogP) is 2.12. The van der Waals surface area contributed by atoms with Crippen LogP contribution in [0.1, 0.15) is 29.4 Å². The first-order valence-corrected chi connectivity index (χ1v) is 8.57. The summed E-state index contributed by atoms with van der Waals surface area (Å²) in [5.74, 6) is -0.463. The van der Waals surface area contributed by atoms with Crippen molar-refractivity contribution in [3.8, 4) is 11.6 Å². The molecule has 0 radical (unpaired) electrons. The van der Waals surface area contributed by atoms with Crippen molar-refractivity contribution in [2.75, 3.05) is 0 Å². The molecule has 140 valence electrons. The average molecular weight is 367 g/mol. The number of H-pyrrole nitrogens is 1. The number of hydrogen-bond donors (Lipinski definition) is 2. The highest BCUT2D eigenvalue weighted by Gasteiger charge is 2.15. The third-order valence-electron chi connectivity index (χ3n) is 4.38. The molecule has 8 nitrogen and oxygen atoms in total. The minimum absolute atomic E-state index is 0.0989. The van der Waals surface area contributed by atoms with Crippen LogP contribution in [-0.4, -0.2) is 30.7 Å². The van der Waals surface area contributed by atoms with Crippen LogP contribution in [-0.2, 0) is 6.54 Å². The molecular formula is C19H21N5O3. The third-order valence-corrected chi connectivity index (χ3v) is 4.38. The lowest BCUT2D eigenvalue weighted by Crippen LogP contribution is -2.31. The fourth-order valence-electron chi connectivity index (χ4n) is 2.90. The monoisotopic (exact) mass is 367 g/mol. The summed E-state index contributed by atoms with van der Waals surface area (Å²) in [6.07, 6.45) is 1.26. The maximum atomic E-state index is 12.2. The van der Waals surface area contributed by atoms with Crippen LogP contribution in [0.2, 0.25) is 0 Å². The number of benzene rings is 1. The molecule has 27 heavy (non-hydrogen) atoms. The lowest BCUT2D eigenvalue weighted by molar-refractivity contribution is 0.430. The minimum Gasteiger partial charge on any atom is -0.493 e. The van der Waals surface area contributed by atoms with E-state index in [0.29, 0.717) is 23.6 Å². The Bertz CT molecular complexity index is 1130. The molecule has 2 heterocycles. The molecule has 3 aromatic rings. The molecule has 0 aliphatic rings. The molecule has 1 aromatic carbocycles. The van der Waals surface area contributed by atoms with Crippen molar-refractivity contribution >= 4 is 11.9 Å². The van der Waals surface area contributed by atoms with Crippen LogP contribution in [0.15, 0.2) is 38.8 Å². The Labute approximate surface area is 155 Å². The number of hydrogen-bond acceptors (Lipinski definition) is 5. The van der Waals surface area contributed by atoms with E-state index in [9.17, 15) is 14.7 Å². The molecule has 0 aliphatic carbocycles. The number of nitrogens with zero attached hydrogens (tertiary/aromatic N) is 4. The Morgan fingerprint density at radius 1 is 1.19 bits per heavy atom. The zero-order chi connectivity index (χ0) is 19.7. The predicted molar refractivity (Wildman–Crippen MR) is 104 cm³/mol. The molecule has 0 fully saturated rings. The first-order chi connectivity index (χ1) is 12.8. The summed E-state index contributed by atoms with van der Waals surface area (Å²) in [6, 6.07) is 7.00. The van der Waals surface area contributed by atoms with Gasteiger partial charge in [-0.05, 0) is 39.8 Å². The summed E-state index contributed by atoms with van der Waals surface area (Å²) in [6.45, 7) is 8.29. The maximum absolute atomic E-state index is 12.2. The lowest BCUT2D eigenvalue weighted by Gasteiger charge is -2.09. The maximum Gasteiger partial charge on any atom is 0.335 e. The van der Waals surface area contributed by atoms with Crippen molar-refractivity contribution in [1.29, 1.82) is 0 Å². The number of aromatic amines is 1. The first-order valence-electron chi connectivity index (χ1n) is 8.57. The highest BCUT2D eigenvalue weighted by atomic mass is 16.3. The second-order valence-corrected chi connectivity index (χ2v) is 6.26. The van der Waals surface area contributed by atoms with Gasteiger partial charge < -0.3 is 5.11 Å². The van der Waals surface area contributed by atoms with E-state index in [0.717, 1.165) is 15.8 Å². The van der Waals surface area contributed by atoms with Crippen LogP contribution in [0.3, 0.4) is 0 Å². The smallest absolute Gasteiger partial charge is 0.335 e. The minimum atomic E-state index is -0.718. The SMILES string of the molecule is CCn1nc(C)c(N=Cc2c(O)n(-c3ccc(C)cc3)c(=O)[nH]c2=O)c1C. The topological polar surface area (TPSA) is 105 Å². The van der Waals surface area contributed by atoms with Crippen LogP contribution in [0.25, 0.3) is 5.69 Å². The van der Waals surface area contributed by atoms with Gasteiger partial charge in [-0.15, -0.1) is 0 Å². The molecule has 2 N–H and O–H groups in total. The van der Waals surface area contributed by atoms with E-state index in [-0.39, 0.29) is 5.56 Å². The summed E-state index contributed by atoms with van der Waals surface area (Å²) in [4.78, 5) is 31.0. The summed E-state index contributed by atoms with van der Waals surface area (Å²) in [5.41, 5.74) is 2.13. The Morgan fingerprint density at radius 3 is 2.44 bits per heavy atom. The van der Waals surface area contributed by atoms with Crippen LogP contribution < -0.4 is 11.2 Å². The normalized spacial score (nSPS) is 11.4. The number of aryl methyl sites for hydroxylation is 3. The van der Waals surface area contributed by atoms with Crippen LogP contribution in [0.5, 0.6) is 5.88 Å². The Kier molecular flexibility index (Phi) is 4.81. The number of rotatable bonds is 4. The molecule has 0 unspecified atom stereocenters. The van der Waals surface area contributed by atoms with Crippen molar-refractivity contribution < 1.29 is 5.11 Å². The van der Waals surface area contributed by atoms with Crippen molar-refractivity contribution in [3.05, 3.63) is 67.6 Å². The zero-order valence-electron chi connectivity index (χ0n) is 15.6. The van der Waals surface area contributed by atoms with Gasteiger partial charge in [0, 0.05) is 12.8 Å². The van der Waals surface area contributed by atoms with E-state index in [4.69, 9.17) is 0 Å². The highest BCUT2D eigenvalue weighted by Crippen LogP contribution is 2.23. The average Bonchev–Trinajstić information content (AvgIpc) is 2.90. The summed E-state index contributed by atoms with van der Waals surface area (Å²) in [7, 11) is 0. The van der Waals surface area contributed by atoms with E-state index in [1.54, 1.807) is 16.8 Å². The van der Waals surface area contributed by atoms with Crippen molar-refractivity contribution in [3.63, 3.8) is 0 Å². The standard InChI is InChI=1S/C19H21N5O3/c1-5-23-13(4)16(12(3)22-23)20-10-15-17(25)21-19(27)24(18(15)26)14-8-6-11(2)7-9-14/h6-10,26H,5H2,1-4H3,(H,21,25,27). The van der Waals surface area contributed by atoms with Gasteiger partial charge in [0.05, 0.1) is 17.1 Å². The second-order valence-electron chi connectivity index (χ2n) is 6.26. The molecule has 0 spiro atoms. The van der Waals surface area contributed by atoms with Crippen molar-refractivity contribution in [1.82, 2.24) is 19.3 Å². The van der Waals surface area contributed by atoms with Crippen LogP contribution >= 0.6 is 0 Å². The molecule has 0 amide bonds. The third kappa shape index (κ3) is 3.33. The molecule has 0 atom stereocenters. The molecule has 0 saturated heterocycles. The Balaban J connectivity index is 2.13. The molecule has 0 saturated carbocycles. The quantitative estimate of drug-likeness (QED) is 0.689. The van der Waals surface area contributed by atoms with E-state index >= 15 is 0 Å². The summed E-state index contributed by atoms with van der Waals surface area (Å²) < 4.78 is 2.84. The molecule has 2 aromatic heterocycles. The first kappa shape index (κ1) is 18.4. The van der Waals surface area contributed by atoms with Crippen LogP contribution in [0, 0.1) is 20.8 Å². The Hall–Kier alpha value is -3.42. The second kappa shape index (κ2) is 7.06. The van der Waals surface area contributed by atoms with Gasteiger partial charge in [-0.3, -0.25) is 19.5 Å². The lowest BCUT2D eigenvalue weighted by atomic mass is 10.2. The zero-order valence-corrected chi connectivity index (χ0v) is 15.6. The number of nitrogens with one attached hydrogen (secondary N) is 1. The van der Waals surface area contributed by atoms with Gasteiger partial charge in [-0.1, -0.05) is 17.7 Å². The van der Waals surface area contributed by atoms with E-state index in [1.165, 1.54) is 6.21 Å². The van der Waals surface area contributed by atoms with E-state index in [1.807, 2.05) is 39.8 Å². The van der Waals surface area contributed by atoms with Gasteiger partial charge in [-0.25, -0.2) is 9.36 Å². The molecule has 0 bridgehead atoms. The van der Waals surface area contributed by atoms with Gasteiger partial charge in [0.2, 0.25) is 5.88 Å². The van der Waals surface area contributed by atoms with Crippen molar-refractivity contribution in [2.24, 2.45) is 4.99 Å². The van der Waals surface area contributed by atoms with Gasteiger partial charge >= 0.3 is 5.69 Å². The molecule has 3 rings (SSSR count). The molecule has 8 heteroatoms. The number of aliphatic imine (C=N–C) groups is 1. The summed E-state index contributed by atoms with van der Waals surface area (Å²) in [5, 5.41) is 14.9. The highest BCUT2D eigenvalue weighted by molar-refractivity contribution is 5.84. The van der Waals surface area contributed by atoms with Gasteiger partial charge in [0.25, 0.3) is 5.56 Å². The fraction of sp³-hybridized carbons (Fsp3) is 0.263. The van der Waals surface area contributed by atoms with Gasteiger partial charge in [0.1, 0.15) is 11.3 Å². The van der Waals surface area contributed by atoms with Gasteiger partial charge in [0.15, 0.2) is 0 Å². The number of aromatic hydroxyl groups is 1. The molecule has 0 aliphatic heterocycles. The van der Waals surface area contributed by atoms with E-state index < -0.39 is 17.1 Å². The number of aromatic nitrogens is 4. The Morgan fingerprint density at radius 2 is 1.85 bits per heavy atom. The van der Waals surface area contributed by atoms with Crippen LogP contribution in [0.4, 0.5) is 5.69 Å².